The number of benzene rings is 10. The molecule has 0 aliphatic carbocycles. The first-order chi connectivity index (χ1) is 26.8. The maximum atomic E-state index is 2.43. The van der Waals surface area contributed by atoms with Crippen molar-refractivity contribution in [3.63, 3.8) is 0 Å². The predicted octanol–water partition coefficient (Wildman–Crippen LogP) is 15.5. The third-order valence-electron chi connectivity index (χ3n) is 11.0. The standard InChI is InChI=1S/C52H33NS/c1-2-11-34(12-3-1)42-15-8-9-20-48(42)53(40-29-32-49-47(33-40)52-44-17-7-5-14-36(44)26-31-50(52)54-49)39-27-23-37(24-28-39)41-18-10-19-46-45(41)30-25-38-22-21-35-13-4-6-16-43(35)51(38)46/h1-33H. The van der Waals surface area contributed by atoms with Gasteiger partial charge in [-0.1, -0.05) is 158 Å². The number of nitrogens with zero attached hydrogens (tertiary/aromatic N) is 1. The third kappa shape index (κ3) is 4.92. The Morgan fingerprint density at radius 3 is 1.74 bits per heavy atom. The van der Waals surface area contributed by atoms with Gasteiger partial charge in [0.1, 0.15) is 0 Å². The van der Waals surface area contributed by atoms with Gasteiger partial charge in [0.05, 0.1) is 5.69 Å². The molecular formula is C52H33NS. The molecule has 0 N–H and O–H groups in total. The Morgan fingerprint density at radius 1 is 0.315 bits per heavy atom. The van der Waals surface area contributed by atoms with E-state index in [0.29, 0.717) is 0 Å². The van der Waals surface area contributed by atoms with Crippen LogP contribution in [0.15, 0.2) is 200 Å². The van der Waals surface area contributed by atoms with E-state index in [0.717, 1.165) is 17.1 Å². The highest BCUT2D eigenvalue weighted by atomic mass is 32.1. The van der Waals surface area contributed by atoms with Gasteiger partial charge in [-0.25, -0.2) is 0 Å². The van der Waals surface area contributed by atoms with Crippen LogP contribution < -0.4 is 4.90 Å². The van der Waals surface area contributed by atoms with E-state index >= 15 is 0 Å². The second-order valence-electron chi connectivity index (χ2n) is 14.1. The van der Waals surface area contributed by atoms with E-state index in [1.165, 1.54) is 85.5 Å². The Balaban J connectivity index is 1.10. The zero-order chi connectivity index (χ0) is 35.6. The lowest BCUT2D eigenvalue weighted by Gasteiger charge is -2.28. The van der Waals surface area contributed by atoms with Gasteiger partial charge in [-0.05, 0) is 102 Å². The highest BCUT2D eigenvalue weighted by Gasteiger charge is 2.19. The minimum Gasteiger partial charge on any atom is -0.310 e. The monoisotopic (exact) mass is 703 g/mol. The first-order valence-electron chi connectivity index (χ1n) is 18.5. The van der Waals surface area contributed by atoms with E-state index < -0.39 is 0 Å². The number of thiophene rings is 1. The molecule has 0 aliphatic rings. The molecule has 2 heteroatoms. The maximum absolute atomic E-state index is 2.43. The van der Waals surface area contributed by atoms with Crippen LogP contribution in [0.25, 0.3) is 85.5 Å². The van der Waals surface area contributed by atoms with Crippen LogP contribution in [-0.2, 0) is 0 Å². The van der Waals surface area contributed by atoms with Crippen molar-refractivity contribution >= 4 is 91.7 Å². The van der Waals surface area contributed by atoms with Crippen molar-refractivity contribution in [1.29, 1.82) is 0 Å². The molecule has 0 spiro atoms. The molecule has 1 nitrogen and oxygen atoms in total. The molecule has 0 saturated heterocycles. The van der Waals surface area contributed by atoms with Gasteiger partial charge in [-0.3, -0.25) is 0 Å². The van der Waals surface area contributed by atoms with E-state index in [1.54, 1.807) is 0 Å². The van der Waals surface area contributed by atoms with Gasteiger partial charge in [0.2, 0.25) is 0 Å². The highest BCUT2D eigenvalue weighted by Crippen LogP contribution is 2.46. The second kappa shape index (κ2) is 12.4. The van der Waals surface area contributed by atoms with Crippen molar-refractivity contribution in [1.82, 2.24) is 0 Å². The Morgan fingerprint density at radius 2 is 0.907 bits per heavy atom. The van der Waals surface area contributed by atoms with E-state index in [1.807, 2.05) is 11.3 Å². The number of hydrogen-bond donors (Lipinski definition) is 0. The minimum absolute atomic E-state index is 1.11. The molecular weight excluding hydrogens is 671 g/mol. The molecule has 0 bridgehead atoms. The van der Waals surface area contributed by atoms with Crippen LogP contribution >= 0.6 is 11.3 Å². The zero-order valence-corrected chi connectivity index (χ0v) is 30.2. The summed E-state index contributed by atoms with van der Waals surface area (Å²) in [6.07, 6.45) is 0. The molecule has 11 rings (SSSR count). The van der Waals surface area contributed by atoms with Crippen LogP contribution in [0.1, 0.15) is 0 Å². The fraction of sp³-hybridized carbons (Fsp3) is 0. The SMILES string of the molecule is c1ccc(-c2ccccc2N(c2ccc(-c3cccc4c3ccc3ccc5ccccc5c34)cc2)c2ccc3sc4ccc5ccccc5c4c3c2)cc1. The molecule has 0 unspecified atom stereocenters. The largest absolute Gasteiger partial charge is 0.310 e. The Labute approximate surface area is 317 Å². The van der Waals surface area contributed by atoms with Gasteiger partial charge < -0.3 is 4.90 Å². The van der Waals surface area contributed by atoms with Gasteiger partial charge >= 0.3 is 0 Å². The number of anilines is 3. The van der Waals surface area contributed by atoms with Gasteiger partial charge in [0.15, 0.2) is 0 Å². The van der Waals surface area contributed by atoms with E-state index in [9.17, 15) is 0 Å². The molecule has 54 heavy (non-hydrogen) atoms. The molecule has 0 aliphatic heterocycles. The number of rotatable bonds is 5. The van der Waals surface area contributed by atoms with Gasteiger partial charge in [0, 0.05) is 37.1 Å². The second-order valence-corrected chi connectivity index (χ2v) is 15.1. The molecule has 1 heterocycles. The Kier molecular flexibility index (Phi) is 7.11. The Hall–Kier alpha value is -6.74. The topological polar surface area (TPSA) is 3.24 Å². The van der Waals surface area contributed by atoms with Gasteiger partial charge in [-0.2, -0.15) is 0 Å². The lowest BCUT2D eigenvalue weighted by atomic mass is 9.92. The molecule has 0 saturated carbocycles. The molecule has 10 aromatic carbocycles. The number of hydrogen-bond acceptors (Lipinski definition) is 2. The first-order valence-corrected chi connectivity index (χ1v) is 19.3. The van der Waals surface area contributed by atoms with Crippen molar-refractivity contribution in [2.75, 3.05) is 4.90 Å². The lowest BCUT2D eigenvalue weighted by Crippen LogP contribution is -2.11. The molecule has 0 radical (unpaired) electrons. The Bertz CT molecular complexity index is 3210. The van der Waals surface area contributed by atoms with E-state index in [4.69, 9.17) is 0 Å². The summed E-state index contributed by atoms with van der Waals surface area (Å²) in [5.41, 5.74) is 8.21. The summed E-state index contributed by atoms with van der Waals surface area (Å²) < 4.78 is 2.62. The van der Waals surface area contributed by atoms with Gasteiger partial charge in [-0.15, -0.1) is 11.3 Å². The number of para-hydroxylation sites is 1. The highest BCUT2D eigenvalue weighted by molar-refractivity contribution is 7.26. The van der Waals surface area contributed by atoms with Crippen molar-refractivity contribution in [3.8, 4) is 22.3 Å². The summed E-state index contributed by atoms with van der Waals surface area (Å²) in [5, 5.41) is 12.9. The van der Waals surface area contributed by atoms with Crippen molar-refractivity contribution in [2.24, 2.45) is 0 Å². The molecule has 0 amide bonds. The maximum Gasteiger partial charge on any atom is 0.0540 e. The predicted molar refractivity (Wildman–Crippen MR) is 235 cm³/mol. The molecule has 252 valence electrons. The van der Waals surface area contributed by atoms with Crippen LogP contribution in [0.3, 0.4) is 0 Å². The van der Waals surface area contributed by atoms with Crippen LogP contribution in [0.4, 0.5) is 17.1 Å². The molecule has 0 atom stereocenters. The molecule has 0 fully saturated rings. The van der Waals surface area contributed by atoms with Crippen molar-refractivity contribution < 1.29 is 0 Å². The quantitative estimate of drug-likeness (QED) is 0.161. The fourth-order valence-corrected chi connectivity index (χ4v) is 9.64. The summed E-state index contributed by atoms with van der Waals surface area (Å²) in [4.78, 5) is 2.43. The van der Waals surface area contributed by atoms with Crippen LogP contribution in [0, 0.1) is 0 Å². The van der Waals surface area contributed by atoms with Crippen LogP contribution in [-0.4, -0.2) is 0 Å². The molecule has 1 aromatic heterocycles. The summed E-state index contributed by atoms with van der Waals surface area (Å²) in [6, 6.07) is 73.5. The first kappa shape index (κ1) is 30.8. The average Bonchev–Trinajstić information content (AvgIpc) is 3.63. The minimum atomic E-state index is 1.11. The third-order valence-corrected chi connectivity index (χ3v) is 12.2. The normalized spacial score (nSPS) is 11.7. The average molecular weight is 704 g/mol. The van der Waals surface area contributed by atoms with Crippen molar-refractivity contribution in [3.05, 3.63) is 200 Å². The summed E-state index contributed by atoms with van der Waals surface area (Å²) in [6.45, 7) is 0. The summed E-state index contributed by atoms with van der Waals surface area (Å²) in [5.74, 6) is 0. The summed E-state index contributed by atoms with van der Waals surface area (Å²) in [7, 11) is 0. The van der Waals surface area contributed by atoms with Gasteiger partial charge in [0.25, 0.3) is 0 Å². The summed E-state index contributed by atoms with van der Waals surface area (Å²) >= 11 is 1.87. The van der Waals surface area contributed by atoms with Crippen molar-refractivity contribution in [2.45, 2.75) is 0 Å². The lowest BCUT2D eigenvalue weighted by molar-refractivity contribution is 1.29. The number of fused-ring (bicyclic) bond motifs is 10. The van der Waals surface area contributed by atoms with E-state index in [-0.39, 0.29) is 0 Å². The fourth-order valence-electron chi connectivity index (χ4n) is 8.54. The van der Waals surface area contributed by atoms with Crippen LogP contribution in [0.2, 0.25) is 0 Å². The smallest absolute Gasteiger partial charge is 0.0540 e. The zero-order valence-electron chi connectivity index (χ0n) is 29.4. The van der Waals surface area contributed by atoms with Crippen LogP contribution in [0.5, 0.6) is 0 Å². The molecule has 11 aromatic rings. The van der Waals surface area contributed by atoms with E-state index in [2.05, 4.69) is 205 Å².